The zero-order valence-corrected chi connectivity index (χ0v) is 17.4. The number of hydrogen-bond donors (Lipinski definition) is 1. The van der Waals surface area contributed by atoms with E-state index in [1.54, 1.807) is 30.3 Å². The van der Waals surface area contributed by atoms with Crippen LogP contribution in [0.25, 0.3) is 11.7 Å². The Kier molecular flexibility index (Phi) is 6.15. The Labute approximate surface area is 180 Å². The van der Waals surface area contributed by atoms with Gasteiger partial charge in [-0.3, -0.25) is 4.79 Å². The first kappa shape index (κ1) is 20.2. The number of nitrogens with one attached hydrogen (secondary N) is 1. The number of furan rings is 1. The third-order valence-corrected chi connectivity index (χ3v) is 5.05. The number of thioether (sulfide) groups is 1. The number of aromatic nitrogens is 4. The van der Waals surface area contributed by atoms with Gasteiger partial charge in [-0.15, -0.1) is 10.2 Å². The molecule has 0 unspecified atom stereocenters. The summed E-state index contributed by atoms with van der Waals surface area (Å²) >= 11 is 7.20. The van der Waals surface area contributed by atoms with Gasteiger partial charge in [0.05, 0.1) is 12.0 Å². The maximum Gasteiger partial charge on any atom is 0.284 e. The standard InChI is InChI=1S/C19H16ClN5O4S/c1-11-9-12(20)4-5-13(11)21-16(26)6-7-17-22-15(25-29-17)10-30-19-24-23-18(28-19)14-3-2-8-27-14/h2-5,8-9H,6-7,10H2,1H3,(H,21,26). The predicted octanol–water partition coefficient (Wildman–Crippen LogP) is 4.54. The molecule has 0 bridgehead atoms. The van der Waals surface area contributed by atoms with Crippen LogP contribution >= 0.6 is 23.4 Å². The van der Waals surface area contributed by atoms with Crippen LogP contribution in [0.3, 0.4) is 0 Å². The van der Waals surface area contributed by atoms with Crippen molar-refractivity contribution in [1.29, 1.82) is 0 Å². The van der Waals surface area contributed by atoms with Crippen LogP contribution in [0, 0.1) is 6.92 Å². The lowest BCUT2D eigenvalue weighted by Crippen LogP contribution is -2.13. The number of benzene rings is 1. The number of anilines is 1. The molecule has 1 aromatic carbocycles. The maximum absolute atomic E-state index is 12.2. The van der Waals surface area contributed by atoms with E-state index in [4.69, 9.17) is 25.0 Å². The Hall–Kier alpha value is -3.11. The van der Waals surface area contributed by atoms with Gasteiger partial charge < -0.3 is 18.7 Å². The second-order valence-corrected chi connectivity index (χ2v) is 7.61. The number of amides is 1. The first-order valence-corrected chi connectivity index (χ1v) is 10.3. The van der Waals surface area contributed by atoms with Crippen molar-refractivity contribution in [2.75, 3.05) is 5.32 Å². The predicted molar refractivity (Wildman–Crippen MR) is 109 cm³/mol. The van der Waals surface area contributed by atoms with Crippen molar-refractivity contribution in [3.8, 4) is 11.7 Å². The molecule has 0 spiro atoms. The van der Waals surface area contributed by atoms with Crippen LogP contribution < -0.4 is 5.32 Å². The van der Waals surface area contributed by atoms with Gasteiger partial charge >= 0.3 is 0 Å². The number of nitrogens with zero attached hydrogens (tertiary/aromatic N) is 4. The molecule has 0 aliphatic heterocycles. The lowest BCUT2D eigenvalue weighted by molar-refractivity contribution is -0.116. The van der Waals surface area contributed by atoms with Gasteiger partial charge in [-0.05, 0) is 42.8 Å². The van der Waals surface area contributed by atoms with E-state index in [9.17, 15) is 4.79 Å². The van der Waals surface area contributed by atoms with Crippen molar-refractivity contribution in [2.24, 2.45) is 0 Å². The summed E-state index contributed by atoms with van der Waals surface area (Å²) < 4.78 is 15.9. The molecule has 1 N–H and O–H groups in total. The highest BCUT2D eigenvalue weighted by Crippen LogP contribution is 2.25. The number of carbonyl (C=O) groups is 1. The van der Waals surface area contributed by atoms with E-state index < -0.39 is 0 Å². The number of halogens is 1. The lowest BCUT2D eigenvalue weighted by Gasteiger charge is -2.07. The zero-order chi connectivity index (χ0) is 20.9. The first-order valence-electron chi connectivity index (χ1n) is 8.94. The summed E-state index contributed by atoms with van der Waals surface area (Å²) in [5.74, 6) is 1.91. The molecule has 9 nitrogen and oxygen atoms in total. The van der Waals surface area contributed by atoms with Crippen LogP contribution in [-0.4, -0.2) is 26.2 Å². The van der Waals surface area contributed by atoms with E-state index in [0.29, 0.717) is 45.8 Å². The van der Waals surface area contributed by atoms with Crippen molar-refractivity contribution in [2.45, 2.75) is 30.7 Å². The van der Waals surface area contributed by atoms with E-state index in [-0.39, 0.29) is 12.3 Å². The van der Waals surface area contributed by atoms with Crippen LogP contribution in [0.1, 0.15) is 23.7 Å². The van der Waals surface area contributed by atoms with Gasteiger partial charge in [0.1, 0.15) is 0 Å². The average molecular weight is 446 g/mol. The second-order valence-electron chi connectivity index (χ2n) is 6.25. The monoisotopic (exact) mass is 445 g/mol. The molecule has 3 heterocycles. The molecule has 0 aliphatic carbocycles. The fourth-order valence-corrected chi connectivity index (χ4v) is 3.38. The Morgan fingerprint density at radius 2 is 2.17 bits per heavy atom. The molecule has 0 saturated heterocycles. The highest BCUT2D eigenvalue weighted by atomic mass is 35.5. The van der Waals surface area contributed by atoms with Crippen molar-refractivity contribution in [3.63, 3.8) is 0 Å². The molecule has 0 fully saturated rings. The van der Waals surface area contributed by atoms with E-state index in [1.807, 2.05) is 6.92 Å². The summed E-state index contributed by atoms with van der Waals surface area (Å²) in [7, 11) is 0. The molecule has 0 atom stereocenters. The molecule has 30 heavy (non-hydrogen) atoms. The summed E-state index contributed by atoms with van der Waals surface area (Å²) in [6.07, 6.45) is 2.08. The minimum absolute atomic E-state index is 0.147. The molecule has 0 aliphatic rings. The van der Waals surface area contributed by atoms with Crippen molar-refractivity contribution in [3.05, 3.63) is 58.9 Å². The van der Waals surface area contributed by atoms with E-state index in [2.05, 4.69) is 25.7 Å². The summed E-state index contributed by atoms with van der Waals surface area (Å²) in [4.78, 5) is 16.5. The van der Waals surface area contributed by atoms with Gasteiger partial charge in [0.15, 0.2) is 11.6 Å². The molecule has 4 rings (SSSR count). The van der Waals surface area contributed by atoms with Crippen molar-refractivity contribution >= 4 is 35.0 Å². The van der Waals surface area contributed by atoms with Gasteiger partial charge in [-0.25, -0.2) is 0 Å². The summed E-state index contributed by atoms with van der Waals surface area (Å²) in [5, 5.41) is 15.6. The highest BCUT2D eigenvalue weighted by Gasteiger charge is 2.14. The SMILES string of the molecule is Cc1cc(Cl)ccc1NC(=O)CCc1nc(CSc2nnc(-c3ccco3)o2)no1. The number of aryl methyl sites for hydroxylation is 2. The molecule has 0 saturated carbocycles. The average Bonchev–Trinajstić information content (AvgIpc) is 3.48. The van der Waals surface area contributed by atoms with Gasteiger partial charge in [0.2, 0.25) is 11.8 Å². The zero-order valence-electron chi connectivity index (χ0n) is 15.8. The Bertz CT molecular complexity index is 1140. The maximum atomic E-state index is 12.2. The molecule has 4 aromatic rings. The quantitative estimate of drug-likeness (QED) is 0.389. The molecule has 154 valence electrons. The minimum Gasteiger partial charge on any atom is -0.459 e. The van der Waals surface area contributed by atoms with Crippen LogP contribution in [0.15, 0.2) is 55.2 Å². The van der Waals surface area contributed by atoms with Crippen LogP contribution in [0.2, 0.25) is 5.02 Å². The van der Waals surface area contributed by atoms with Crippen molar-refractivity contribution in [1.82, 2.24) is 20.3 Å². The lowest BCUT2D eigenvalue weighted by atomic mass is 10.2. The number of rotatable bonds is 8. The van der Waals surface area contributed by atoms with Gasteiger partial charge in [-0.1, -0.05) is 28.5 Å². The second kappa shape index (κ2) is 9.14. The molecule has 1 amide bonds. The highest BCUT2D eigenvalue weighted by molar-refractivity contribution is 7.98. The molecular weight excluding hydrogens is 430 g/mol. The fraction of sp³-hybridized carbons (Fsp3) is 0.211. The van der Waals surface area contributed by atoms with E-state index in [1.165, 1.54) is 18.0 Å². The summed E-state index contributed by atoms with van der Waals surface area (Å²) in [6.45, 7) is 1.88. The van der Waals surface area contributed by atoms with Crippen LogP contribution in [-0.2, 0) is 17.0 Å². The largest absolute Gasteiger partial charge is 0.459 e. The summed E-state index contributed by atoms with van der Waals surface area (Å²) in [6, 6.07) is 8.77. The molecule has 11 heteroatoms. The smallest absolute Gasteiger partial charge is 0.284 e. The summed E-state index contributed by atoms with van der Waals surface area (Å²) in [5.41, 5.74) is 1.62. The Morgan fingerprint density at radius 1 is 1.27 bits per heavy atom. The third-order valence-electron chi connectivity index (χ3n) is 4.00. The molecular formula is C19H16ClN5O4S. The third kappa shape index (κ3) is 5.08. The van der Waals surface area contributed by atoms with E-state index in [0.717, 1.165) is 11.3 Å². The molecule has 3 aromatic heterocycles. The van der Waals surface area contributed by atoms with Gasteiger partial charge in [0.25, 0.3) is 11.1 Å². The Balaban J connectivity index is 1.25. The topological polar surface area (TPSA) is 120 Å². The number of carbonyl (C=O) groups excluding carboxylic acids is 1. The fourth-order valence-electron chi connectivity index (χ4n) is 2.55. The van der Waals surface area contributed by atoms with Crippen LogP contribution in [0.4, 0.5) is 5.69 Å². The normalized spacial score (nSPS) is 11.0. The van der Waals surface area contributed by atoms with E-state index >= 15 is 0 Å². The van der Waals surface area contributed by atoms with Crippen molar-refractivity contribution < 1.29 is 18.2 Å². The van der Waals surface area contributed by atoms with Gasteiger partial charge in [0, 0.05) is 23.6 Å². The van der Waals surface area contributed by atoms with Gasteiger partial charge in [-0.2, -0.15) is 4.98 Å². The Morgan fingerprint density at radius 3 is 2.97 bits per heavy atom. The number of hydrogen-bond acceptors (Lipinski definition) is 9. The first-order chi connectivity index (χ1) is 14.6. The van der Waals surface area contributed by atoms with Crippen LogP contribution in [0.5, 0.6) is 0 Å². The molecule has 0 radical (unpaired) electrons. The minimum atomic E-state index is -0.147.